The molecule has 0 bridgehead atoms. The number of hydrogen-bond donors (Lipinski definition) is 1. The molecule has 2 rings (SSSR count). The van der Waals surface area contributed by atoms with E-state index in [1.54, 1.807) is 0 Å². The van der Waals surface area contributed by atoms with Gasteiger partial charge in [-0.25, -0.2) is 0 Å². The number of benzene rings is 2. The van der Waals surface area contributed by atoms with Crippen LogP contribution >= 0.6 is 43.5 Å². The molecule has 17 heavy (non-hydrogen) atoms. The van der Waals surface area contributed by atoms with Gasteiger partial charge < -0.3 is 5.73 Å². The van der Waals surface area contributed by atoms with Crippen molar-refractivity contribution in [3.63, 3.8) is 0 Å². The first-order valence-corrected chi connectivity index (χ1v) is 7.01. The maximum absolute atomic E-state index is 6.25. The van der Waals surface area contributed by atoms with Crippen molar-refractivity contribution in [3.05, 3.63) is 67.6 Å². The molecule has 4 heteroatoms. The van der Waals surface area contributed by atoms with E-state index in [0.29, 0.717) is 5.02 Å². The highest BCUT2D eigenvalue weighted by atomic mass is 79.9. The second kappa shape index (κ2) is 5.53. The van der Waals surface area contributed by atoms with Gasteiger partial charge in [0.2, 0.25) is 0 Å². The van der Waals surface area contributed by atoms with Crippen molar-refractivity contribution in [1.29, 1.82) is 0 Å². The van der Waals surface area contributed by atoms with Crippen LogP contribution in [0.4, 0.5) is 0 Å². The minimum atomic E-state index is -0.240. The number of rotatable bonds is 2. The minimum absolute atomic E-state index is 0.240. The predicted molar refractivity (Wildman–Crippen MR) is 79.3 cm³/mol. The SMILES string of the molecule is NC(c1ccccc1Cl)c1cc(Br)ccc1Br. The molecule has 0 fully saturated rings. The Labute approximate surface area is 122 Å². The van der Waals surface area contributed by atoms with Crippen LogP contribution in [0.1, 0.15) is 17.2 Å². The summed E-state index contributed by atoms with van der Waals surface area (Å²) in [5.41, 5.74) is 8.18. The first kappa shape index (κ1) is 13.1. The molecule has 0 heterocycles. The van der Waals surface area contributed by atoms with Crippen molar-refractivity contribution in [2.24, 2.45) is 5.73 Å². The van der Waals surface area contributed by atoms with Crippen LogP contribution in [-0.2, 0) is 0 Å². The lowest BCUT2D eigenvalue weighted by Crippen LogP contribution is -2.13. The van der Waals surface area contributed by atoms with Crippen molar-refractivity contribution >= 4 is 43.5 Å². The van der Waals surface area contributed by atoms with E-state index in [0.717, 1.165) is 20.1 Å². The molecule has 2 aromatic rings. The molecule has 88 valence electrons. The van der Waals surface area contributed by atoms with Crippen LogP contribution in [0, 0.1) is 0 Å². The van der Waals surface area contributed by atoms with Crippen LogP contribution in [0.15, 0.2) is 51.4 Å². The Morgan fingerprint density at radius 1 is 1.00 bits per heavy atom. The molecule has 2 N–H and O–H groups in total. The summed E-state index contributed by atoms with van der Waals surface area (Å²) in [4.78, 5) is 0. The minimum Gasteiger partial charge on any atom is -0.320 e. The third kappa shape index (κ3) is 2.91. The summed E-state index contributed by atoms with van der Waals surface area (Å²) in [6.45, 7) is 0. The number of halogens is 3. The van der Waals surface area contributed by atoms with Gasteiger partial charge in [-0.3, -0.25) is 0 Å². The zero-order valence-electron chi connectivity index (χ0n) is 8.83. The maximum atomic E-state index is 6.25. The first-order chi connectivity index (χ1) is 8.09. The molecule has 0 saturated heterocycles. The van der Waals surface area contributed by atoms with Crippen LogP contribution in [-0.4, -0.2) is 0 Å². The van der Waals surface area contributed by atoms with Crippen molar-refractivity contribution in [3.8, 4) is 0 Å². The van der Waals surface area contributed by atoms with E-state index in [9.17, 15) is 0 Å². The molecule has 1 atom stereocenters. The fourth-order valence-electron chi connectivity index (χ4n) is 1.65. The fourth-order valence-corrected chi connectivity index (χ4v) is 2.77. The Bertz CT molecular complexity index is 543. The third-order valence-corrected chi connectivity index (χ3v) is 4.09. The molecule has 0 aliphatic heterocycles. The summed E-state index contributed by atoms with van der Waals surface area (Å²) in [7, 11) is 0. The second-order valence-corrected chi connectivity index (χ2v) is 5.84. The Balaban J connectivity index is 2.47. The molecule has 0 aromatic heterocycles. The zero-order valence-corrected chi connectivity index (χ0v) is 12.8. The maximum Gasteiger partial charge on any atom is 0.0578 e. The van der Waals surface area contributed by atoms with E-state index < -0.39 is 0 Å². The summed E-state index contributed by atoms with van der Waals surface area (Å²) in [6, 6.07) is 13.3. The van der Waals surface area contributed by atoms with Gasteiger partial charge in [-0.2, -0.15) is 0 Å². The second-order valence-electron chi connectivity index (χ2n) is 3.67. The monoisotopic (exact) mass is 373 g/mol. The average molecular weight is 375 g/mol. The summed E-state index contributed by atoms with van der Waals surface area (Å²) < 4.78 is 1.98. The first-order valence-electron chi connectivity index (χ1n) is 5.04. The highest BCUT2D eigenvalue weighted by molar-refractivity contribution is 9.11. The van der Waals surface area contributed by atoms with Gasteiger partial charge in [0, 0.05) is 14.0 Å². The molecule has 0 aliphatic rings. The molecule has 0 saturated carbocycles. The molecule has 0 spiro atoms. The molecule has 1 nitrogen and oxygen atoms in total. The molecule has 0 aliphatic carbocycles. The van der Waals surface area contributed by atoms with Crippen molar-refractivity contribution in [2.45, 2.75) is 6.04 Å². The van der Waals surface area contributed by atoms with E-state index in [-0.39, 0.29) is 6.04 Å². The van der Waals surface area contributed by atoms with Gasteiger partial charge in [-0.1, -0.05) is 61.7 Å². The molecule has 0 amide bonds. The molecule has 0 radical (unpaired) electrons. The number of hydrogen-bond acceptors (Lipinski definition) is 1. The Morgan fingerprint density at radius 3 is 2.41 bits per heavy atom. The van der Waals surface area contributed by atoms with E-state index in [2.05, 4.69) is 31.9 Å². The predicted octanol–water partition coefficient (Wildman–Crippen LogP) is 4.91. The molecular weight excluding hydrogens is 365 g/mol. The molecule has 2 aromatic carbocycles. The van der Waals surface area contributed by atoms with E-state index in [4.69, 9.17) is 17.3 Å². The van der Waals surface area contributed by atoms with Gasteiger partial charge in [-0.15, -0.1) is 0 Å². The van der Waals surface area contributed by atoms with Crippen LogP contribution in [0.25, 0.3) is 0 Å². The van der Waals surface area contributed by atoms with Gasteiger partial charge >= 0.3 is 0 Å². The van der Waals surface area contributed by atoms with E-state index in [1.165, 1.54) is 0 Å². The number of nitrogens with two attached hydrogens (primary N) is 1. The highest BCUT2D eigenvalue weighted by Gasteiger charge is 2.14. The Hall–Kier alpha value is -0.350. The zero-order chi connectivity index (χ0) is 12.4. The normalized spacial score (nSPS) is 12.5. The van der Waals surface area contributed by atoms with E-state index >= 15 is 0 Å². The molecular formula is C13H10Br2ClN. The molecule has 1 unspecified atom stereocenters. The van der Waals surface area contributed by atoms with Crippen LogP contribution in [0.5, 0.6) is 0 Å². The van der Waals surface area contributed by atoms with Gasteiger partial charge in [-0.05, 0) is 35.4 Å². The fraction of sp³-hybridized carbons (Fsp3) is 0.0769. The quantitative estimate of drug-likeness (QED) is 0.793. The van der Waals surface area contributed by atoms with Crippen LogP contribution in [0.3, 0.4) is 0 Å². The van der Waals surface area contributed by atoms with Crippen LogP contribution < -0.4 is 5.73 Å². The summed E-state index contributed by atoms with van der Waals surface area (Å²) in [5.74, 6) is 0. The average Bonchev–Trinajstić information content (AvgIpc) is 2.32. The summed E-state index contributed by atoms with van der Waals surface area (Å²) >= 11 is 13.1. The van der Waals surface area contributed by atoms with Crippen molar-refractivity contribution in [2.75, 3.05) is 0 Å². The van der Waals surface area contributed by atoms with Gasteiger partial charge in [0.1, 0.15) is 0 Å². The Morgan fingerprint density at radius 2 is 1.71 bits per heavy atom. The summed E-state index contributed by atoms with van der Waals surface area (Å²) in [6.07, 6.45) is 0. The smallest absolute Gasteiger partial charge is 0.0578 e. The van der Waals surface area contributed by atoms with Crippen molar-refractivity contribution in [1.82, 2.24) is 0 Å². The Kier molecular flexibility index (Phi) is 4.26. The van der Waals surface area contributed by atoms with Gasteiger partial charge in [0.25, 0.3) is 0 Å². The van der Waals surface area contributed by atoms with Gasteiger partial charge in [0.05, 0.1) is 6.04 Å². The largest absolute Gasteiger partial charge is 0.320 e. The van der Waals surface area contributed by atoms with Gasteiger partial charge in [0.15, 0.2) is 0 Å². The summed E-state index contributed by atoms with van der Waals surface area (Å²) in [5, 5.41) is 0.687. The van der Waals surface area contributed by atoms with Crippen molar-refractivity contribution < 1.29 is 0 Å². The lowest BCUT2D eigenvalue weighted by atomic mass is 10.00. The lowest BCUT2D eigenvalue weighted by Gasteiger charge is -2.16. The van der Waals surface area contributed by atoms with E-state index in [1.807, 2.05) is 42.5 Å². The lowest BCUT2D eigenvalue weighted by molar-refractivity contribution is 0.865. The van der Waals surface area contributed by atoms with Crippen LogP contribution in [0.2, 0.25) is 5.02 Å². The topological polar surface area (TPSA) is 26.0 Å². The highest BCUT2D eigenvalue weighted by Crippen LogP contribution is 2.32. The third-order valence-electron chi connectivity index (χ3n) is 2.53. The standard InChI is InChI=1S/C13H10Br2ClN/c14-8-5-6-11(15)10(7-8)13(17)9-3-1-2-4-12(9)16/h1-7,13H,17H2.